The molecule has 0 aromatic carbocycles. The highest BCUT2D eigenvalue weighted by Crippen LogP contribution is 2.02. The standard InChI is InChI=1S/C10H14N4O4/c1-2-11-6(15)3-4-12-9(16)7-8(10(17)18)14-5-13-7/h5H,2-4H2,1H3,(H,11,15)(H,12,16)(H,13,14)(H,17,18). The van der Waals surface area contributed by atoms with Crippen molar-refractivity contribution in [1.29, 1.82) is 0 Å². The second-order valence-electron chi connectivity index (χ2n) is 3.39. The van der Waals surface area contributed by atoms with Gasteiger partial charge in [-0.15, -0.1) is 0 Å². The summed E-state index contributed by atoms with van der Waals surface area (Å²) in [6.07, 6.45) is 1.26. The summed E-state index contributed by atoms with van der Waals surface area (Å²) in [4.78, 5) is 39.4. The minimum atomic E-state index is -1.26. The van der Waals surface area contributed by atoms with E-state index in [1.54, 1.807) is 6.92 Å². The fourth-order valence-corrected chi connectivity index (χ4v) is 1.29. The molecule has 1 aromatic rings. The summed E-state index contributed by atoms with van der Waals surface area (Å²) >= 11 is 0. The SMILES string of the molecule is CCNC(=O)CCNC(=O)c1nc[nH]c1C(=O)O. The fraction of sp³-hybridized carbons (Fsp3) is 0.400. The van der Waals surface area contributed by atoms with Gasteiger partial charge in [-0.25, -0.2) is 9.78 Å². The number of carboxylic acid groups (broad SMARTS) is 1. The maximum Gasteiger partial charge on any atom is 0.354 e. The van der Waals surface area contributed by atoms with E-state index in [2.05, 4.69) is 20.6 Å². The molecule has 0 unspecified atom stereocenters. The lowest BCUT2D eigenvalue weighted by Crippen LogP contribution is -2.31. The lowest BCUT2D eigenvalue weighted by atomic mass is 10.3. The molecule has 0 fully saturated rings. The van der Waals surface area contributed by atoms with Crippen LogP contribution in [0.2, 0.25) is 0 Å². The smallest absolute Gasteiger partial charge is 0.354 e. The molecule has 18 heavy (non-hydrogen) atoms. The highest BCUT2D eigenvalue weighted by Gasteiger charge is 2.19. The zero-order chi connectivity index (χ0) is 13.5. The third-order valence-electron chi connectivity index (χ3n) is 2.08. The van der Waals surface area contributed by atoms with Crippen LogP contribution in [-0.4, -0.2) is 45.9 Å². The number of amides is 2. The quantitative estimate of drug-likeness (QED) is 0.537. The number of imidazole rings is 1. The predicted octanol–water partition coefficient (Wildman–Crippen LogP) is -0.636. The molecule has 0 spiro atoms. The Kier molecular flexibility index (Phi) is 4.85. The summed E-state index contributed by atoms with van der Waals surface area (Å²) < 4.78 is 0. The van der Waals surface area contributed by atoms with Crippen LogP contribution in [0.5, 0.6) is 0 Å². The first-order valence-electron chi connectivity index (χ1n) is 5.37. The molecule has 0 aliphatic heterocycles. The molecular weight excluding hydrogens is 240 g/mol. The Hall–Kier alpha value is -2.38. The van der Waals surface area contributed by atoms with Crippen molar-refractivity contribution in [1.82, 2.24) is 20.6 Å². The number of aromatic carboxylic acids is 1. The predicted molar refractivity (Wildman–Crippen MR) is 61.2 cm³/mol. The number of nitrogens with zero attached hydrogens (tertiary/aromatic N) is 1. The van der Waals surface area contributed by atoms with Gasteiger partial charge in [0.15, 0.2) is 11.4 Å². The molecule has 1 aromatic heterocycles. The average Bonchev–Trinajstić information content (AvgIpc) is 2.78. The Bertz CT molecular complexity index is 454. The van der Waals surface area contributed by atoms with E-state index >= 15 is 0 Å². The van der Waals surface area contributed by atoms with Gasteiger partial charge in [-0.2, -0.15) is 0 Å². The van der Waals surface area contributed by atoms with Gasteiger partial charge in [0.05, 0.1) is 6.33 Å². The molecule has 1 heterocycles. The fourth-order valence-electron chi connectivity index (χ4n) is 1.29. The molecule has 0 bridgehead atoms. The number of nitrogens with one attached hydrogen (secondary N) is 3. The van der Waals surface area contributed by atoms with Crippen molar-refractivity contribution < 1.29 is 19.5 Å². The lowest BCUT2D eigenvalue weighted by Gasteiger charge is -2.04. The van der Waals surface area contributed by atoms with E-state index in [-0.39, 0.29) is 30.3 Å². The molecule has 98 valence electrons. The maximum absolute atomic E-state index is 11.6. The number of hydrogen-bond acceptors (Lipinski definition) is 4. The third kappa shape index (κ3) is 3.58. The van der Waals surface area contributed by atoms with Crippen LogP contribution < -0.4 is 10.6 Å². The number of aromatic amines is 1. The van der Waals surface area contributed by atoms with Gasteiger partial charge in [0.2, 0.25) is 5.91 Å². The second kappa shape index (κ2) is 6.38. The van der Waals surface area contributed by atoms with Crippen LogP contribution in [0.15, 0.2) is 6.33 Å². The highest BCUT2D eigenvalue weighted by atomic mass is 16.4. The van der Waals surface area contributed by atoms with E-state index in [0.29, 0.717) is 6.54 Å². The Labute approximate surface area is 103 Å². The Morgan fingerprint density at radius 3 is 2.72 bits per heavy atom. The molecule has 0 radical (unpaired) electrons. The largest absolute Gasteiger partial charge is 0.477 e. The van der Waals surface area contributed by atoms with Gasteiger partial charge >= 0.3 is 5.97 Å². The number of carboxylic acids is 1. The second-order valence-corrected chi connectivity index (χ2v) is 3.39. The third-order valence-corrected chi connectivity index (χ3v) is 2.08. The molecule has 2 amide bonds. The van der Waals surface area contributed by atoms with E-state index in [9.17, 15) is 14.4 Å². The van der Waals surface area contributed by atoms with Crippen LogP contribution in [0, 0.1) is 0 Å². The monoisotopic (exact) mass is 254 g/mol. The molecule has 4 N–H and O–H groups in total. The van der Waals surface area contributed by atoms with Crippen molar-refractivity contribution in [2.45, 2.75) is 13.3 Å². The number of carbonyl (C=O) groups excluding carboxylic acids is 2. The van der Waals surface area contributed by atoms with E-state index in [1.807, 2.05) is 0 Å². The summed E-state index contributed by atoms with van der Waals surface area (Å²) in [5.74, 6) is -2.07. The molecule has 0 atom stereocenters. The zero-order valence-electron chi connectivity index (χ0n) is 9.82. The summed E-state index contributed by atoms with van der Waals surface area (Å²) in [5, 5.41) is 13.8. The minimum Gasteiger partial charge on any atom is -0.477 e. The summed E-state index contributed by atoms with van der Waals surface area (Å²) in [5.41, 5.74) is -0.469. The van der Waals surface area contributed by atoms with Crippen LogP contribution in [-0.2, 0) is 4.79 Å². The Morgan fingerprint density at radius 2 is 2.11 bits per heavy atom. The van der Waals surface area contributed by atoms with E-state index in [4.69, 9.17) is 5.11 Å². The van der Waals surface area contributed by atoms with Crippen molar-refractivity contribution in [3.8, 4) is 0 Å². The van der Waals surface area contributed by atoms with E-state index in [1.165, 1.54) is 0 Å². The number of hydrogen-bond donors (Lipinski definition) is 4. The first kappa shape index (κ1) is 13.7. The van der Waals surface area contributed by atoms with Crippen LogP contribution in [0.1, 0.15) is 34.3 Å². The number of H-pyrrole nitrogens is 1. The lowest BCUT2D eigenvalue weighted by molar-refractivity contribution is -0.120. The van der Waals surface area contributed by atoms with Gasteiger partial charge in [-0.05, 0) is 6.92 Å². The number of rotatable bonds is 6. The van der Waals surface area contributed by atoms with Gasteiger partial charge in [-0.3, -0.25) is 9.59 Å². The molecule has 1 rings (SSSR count). The normalized spacial score (nSPS) is 9.83. The van der Waals surface area contributed by atoms with Gasteiger partial charge in [0.1, 0.15) is 0 Å². The van der Waals surface area contributed by atoms with Crippen LogP contribution >= 0.6 is 0 Å². The van der Waals surface area contributed by atoms with Crippen molar-refractivity contribution in [2.24, 2.45) is 0 Å². The Balaban J connectivity index is 2.48. The Morgan fingerprint density at radius 1 is 1.39 bits per heavy atom. The van der Waals surface area contributed by atoms with Gasteiger partial charge in [-0.1, -0.05) is 0 Å². The number of aromatic nitrogens is 2. The molecule has 8 heteroatoms. The van der Waals surface area contributed by atoms with Crippen molar-refractivity contribution in [2.75, 3.05) is 13.1 Å². The van der Waals surface area contributed by atoms with Gasteiger partial charge < -0.3 is 20.7 Å². The first-order valence-corrected chi connectivity index (χ1v) is 5.37. The highest BCUT2D eigenvalue weighted by molar-refractivity contribution is 6.02. The van der Waals surface area contributed by atoms with Crippen LogP contribution in [0.25, 0.3) is 0 Å². The number of carbonyl (C=O) groups is 3. The summed E-state index contributed by atoms with van der Waals surface area (Å²) in [6, 6.07) is 0. The molecule has 0 aliphatic rings. The van der Waals surface area contributed by atoms with Crippen molar-refractivity contribution >= 4 is 17.8 Å². The molecule has 0 aliphatic carbocycles. The van der Waals surface area contributed by atoms with Gasteiger partial charge in [0, 0.05) is 19.5 Å². The molecular formula is C10H14N4O4. The van der Waals surface area contributed by atoms with Crippen molar-refractivity contribution in [3.05, 3.63) is 17.7 Å². The van der Waals surface area contributed by atoms with Crippen molar-refractivity contribution in [3.63, 3.8) is 0 Å². The molecule has 8 nitrogen and oxygen atoms in total. The molecule has 0 saturated heterocycles. The van der Waals surface area contributed by atoms with Gasteiger partial charge in [0.25, 0.3) is 5.91 Å². The van der Waals surface area contributed by atoms with Crippen LogP contribution in [0.4, 0.5) is 0 Å². The van der Waals surface area contributed by atoms with Crippen LogP contribution in [0.3, 0.4) is 0 Å². The zero-order valence-corrected chi connectivity index (χ0v) is 9.82. The summed E-state index contributed by atoms with van der Waals surface area (Å²) in [6.45, 7) is 2.44. The topological polar surface area (TPSA) is 124 Å². The maximum atomic E-state index is 11.6. The van der Waals surface area contributed by atoms with E-state index in [0.717, 1.165) is 6.33 Å². The van der Waals surface area contributed by atoms with E-state index < -0.39 is 11.9 Å². The molecule has 0 saturated carbocycles. The minimum absolute atomic E-state index is 0.122. The average molecular weight is 254 g/mol. The summed E-state index contributed by atoms with van der Waals surface area (Å²) in [7, 11) is 0. The first-order chi connectivity index (χ1) is 8.56.